The molecule has 14 nitrogen and oxygen atoms in total. The third kappa shape index (κ3) is 11.9. The highest BCUT2D eigenvalue weighted by Gasteiger charge is 2.40. The van der Waals surface area contributed by atoms with Gasteiger partial charge in [0.1, 0.15) is 24.2 Å². The van der Waals surface area contributed by atoms with E-state index in [4.69, 9.17) is 0 Å². The lowest BCUT2D eigenvalue weighted by Gasteiger charge is -2.31. The van der Waals surface area contributed by atoms with Crippen LogP contribution in [0.4, 0.5) is 0 Å². The van der Waals surface area contributed by atoms with Crippen molar-refractivity contribution in [1.82, 2.24) is 41.7 Å². The molecule has 2 aliphatic carbocycles. The van der Waals surface area contributed by atoms with Gasteiger partial charge in [-0.3, -0.25) is 28.8 Å². The van der Waals surface area contributed by atoms with Crippen molar-refractivity contribution in [2.75, 3.05) is 27.2 Å². The minimum absolute atomic E-state index is 0.0581. The number of carbonyl (C=O) groups excluding carboxylic acids is 6. The average Bonchev–Trinajstić information content (AvgIpc) is 4.02. The van der Waals surface area contributed by atoms with Crippen LogP contribution in [0.3, 0.4) is 0 Å². The number of hydrogen-bond acceptors (Lipinski definition) is 8. The normalized spacial score (nSPS) is 21.8. The maximum absolute atomic E-state index is 14.3. The molecule has 64 heavy (non-hydrogen) atoms. The van der Waals surface area contributed by atoms with Crippen LogP contribution >= 0.6 is 0 Å². The van der Waals surface area contributed by atoms with Crippen LogP contribution in [0.1, 0.15) is 125 Å². The molecule has 4 aliphatic rings. The number of rotatable bonds is 16. The highest BCUT2D eigenvalue weighted by molar-refractivity contribution is 5.95. The van der Waals surface area contributed by atoms with Crippen molar-refractivity contribution < 1.29 is 28.8 Å². The van der Waals surface area contributed by atoms with Gasteiger partial charge in [0.25, 0.3) is 0 Å². The maximum atomic E-state index is 14.3. The summed E-state index contributed by atoms with van der Waals surface area (Å²) < 4.78 is 0. The molecule has 2 aromatic rings. The Balaban J connectivity index is 1.14. The van der Waals surface area contributed by atoms with Crippen molar-refractivity contribution in [1.29, 1.82) is 0 Å². The van der Waals surface area contributed by atoms with Gasteiger partial charge in [0.2, 0.25) is 35.4 Å². The van der Waals surface area contributed by atoms with Crippen LogP contribution in [-0.4, -0.2) is 109 Å². The van der Waals surface area contributed by atoms with E-state index in [9.17, 15) is 28.8 Å². The summed E-state index contributed by atoms with van der Waals surface area (Å²) in [5, 5.41) is 18.1. The Morgan fingerprint density at radius 2 is 1.09 bits per heavy atom. The second-order valence-corrected chi connectivity index (χ2v) is 17.5. The number of amides is 6. The van der Waals surface area contributed by atoms with E-state index in [1.165, 1.54) is 11.1 Å². The second kappa shape index (κ2) is 23.3. The summed E-state index contributed by atoms with van der Waals surface area (Å²) in [6, 6.07) is 11.5. The lowest BCUT2D eigenvalue weighted by Crippen LogP contribution is -2.56. The molecule has 342 valence electrons. The van der Waals surface area contributed by atoms with Crippen molar-refractivity contribution in [2.24, 2.45) is 0 Å². The average molecular weight is 875 g/mol. The summed E-state index contributed by atoms with van der Waals surface area (Å²) in [7, 11) is 3.35. The fraction of sp³-hybridized carbons (Fsp3) is 0.560. The fourth-order valence-electron chi connectivity index (χ4n) is 9.54. The van der Waals surface area contributed by atoms with E-state index in [1.54, 1.807) is 30.8 Å². The molecule has 2 aromatic carbocycles. The molecule has 8 atom stereocenters. The Labute approximate surface area is 378 Å². The molecule has 0 radical (unpaired) electrons. The summed E-state index contributed by atoms with van der Waals surface area (Å²) in [5.74, 6) is 9.55. The van der Waals surface area contributed by atoms with E-state index < -0.39 is 42.2 Å². The van der Waals surface area contributed by atoms with Gasteiger partial charge >= 0.3 is 0 Å². The summed E-state index contributed by atoms with van der Waals surface area (Å²) in [5.41, 5.74) is 4.68. The lowest BCUT2D eigenvalue weighted by atomic mass is 9.87. The number of nitrogens with zero attached hydrogens (tertiary/aromatic N) is 2. The summed E-state index contributed by atoms with van der Waals surface area (Å²) in [6.45, 7) is 4.42. The van der Waals surface area contributed by atoms with Crippen molar-refractivity contribution in [3.05, 3.63) is 70.8 Å². The first-order valence-corrected chi connectivity index (χ1v) is 23.3. The first kappa shape index (κ1) is 47.8. The number of nitrogens with one attached hydrogen (secondary N) is 6. The topological polar surface area (TPSA) is 181 Å². The first-order valence-electron chi connectivity index (χ1n) is 23.3. The van der Waals surface area contributed by atoms with Gasteiger partial charge in [-0.15, -0.1) is 0 Å². The molecule has 6 N–H and O–H groups in total. The van der Waals surface area contributed by atoms with Crippen LogP contribution in [-0.2, 0) is 41.6 Å². The van der Waals surface area contributed by atoms with Gasteiger partial charge in [-0.2, -0.15) is 0 Å². The predicted octanol–water partition coefficient (Wildman–Crippen LogP) is 3.11. The maximum Gasteiger partial charge on any atom is 0.246 e. The molecule has 0 spiro atoms. The third-order valence-electron chi connectivity index (χ3n) is 13.2. The number of hydrogen-bond donors (Lipinski definition) is 6. The van der Waals surface area contributed by atoms with Crippen LogP contribution in [0.5, 0.6) is 0 Å². The standard InChI is InChI=1S/C50H66N8O6/c1-5-18-40(52-4)46(60)56-42(50(64)58-32-17-30-44(58)48(62)54-39-28-15-22-35-20-11-13-24-37(35)39)26-9-7-6-8-25-41(55-45(59)33(2)51-3)49(63)57-31-16-29-43(57)47(61)53-38-27-14-21-34-19-10-12-23-36(34)38/h10-13,19-20,23-24,33,38-44,51-52H,5,14-18,21-22,25-32H2,1-4H3,(H,53,61)(H,54,62)(H,55,59)(H,56,60)/t33-,38+,39-,40-,41-,42-,43-,44-/m0/s1. The van der Waals surface area contributed by atoms with Gasteiger partial charge in [-0.25, -0.2) is 0 Å². The molecule has 2 fully saturated rings. The number of likely N-dealkylation sites (tertiary alicyclic amines) is 2. The van der Waals surface area contributed by atoms with Gasteiger partial charge < -0.3 is 41.7 Å². The quantitative estimate of drug-likeness (QED) is 0.139. The van der Waals surface area contributed by atoms with Crippen LogP contribution in [0.2, 0.25) is 0 Å². The van der Waals surface area contributed by atoms with Crippen LogP contribution in [0, 0.1) is 23.7 Å². The molecule has 2 aliphatic heterocycles. The Kier molecular flexibility index (Phi) is 17.4. The lowest BCUT2D eigenvalue weighted by molar-refractivity contribution is -0.141. The molecule has 2 heterocycles. The van der Waals surface area contributed by atoms with Crippen molar-refractivity contribution in [2.45, 2.75) is 152 Å². The number of fused-ring (bicyclic) bond motifs is 2. The molecule has 0 saturated carbocycles. The molecular weight excluding hydrogens is 809 g/mol. The van der Waals surface area contributed by atoms with Crippen LogP contribution in [0.15, 0.2) is 48.5 Å². The smallest absolute Gasteiger partial charge is 0.246 e. The molecule has 0 aromatic heterocycles. The van der Waals surface area contributed by atoms with E-state index in [-0.39, 0.29) is 54.5 Å². The van der Waals surface area contributed by atoms with Gasteiger partial charge in [-0.05, 0) is 126 Å². The highest BCUT2D eigenvalue weighted by atomic mass is 16.2. The third-order valence-corrected chi connectivity index (χ3v) is 13.2. The Hall–Kier alpha value is -5.70. The zero-order valence-corrected chi connectivity index (χ0v) is 37.9. The van der Waals surface area contributed by atoms with Gasteiger partial charge in [-0.1, -0.05) is 73.7 Å². The Morgan fingerprint density at radius 3 is 1.55 bits per heavy atom. The van der Waals surface area contributed by atoms with E-state index in [2.05, 4.69) is 79.8 Å². The van der Waals surface area contributed by atoms with Gasteiger partial charge in [0.05, 0.1) is 24.2 Å². The van der Waals surface area contributed by atoms with E-state index in [0.717, 1.165) is 56.1 Å². The van der Waals surface area contributed by atoms with Crippen LogP contribution in [0.25, 0.3) is 0 Å². The van der Waals surface area contributed by atoms with Crippen molar-refractivity contribution in [3.8, 4) is 23.7 Å². The van der Waals surface area contributed by atoms with Gasteiger partial charge in [0, 0.05) is 25.9 Å². The largest absolute Gasteiger partial charge is 0.347 e. The minimum Gasteiger partial charge on any atom is -0.347 e. The number of likely N-dealkylation sites (N-methyl/N-ethyl adjacent to an activating group) is 2. The Bertz CT molecular complexity index is 2140. The van der Waals surface area contributed by atoms with E-state index >= 15 is 0 Å². The Morgan fingerprint density at radius 1 is 0.625 bits per heavy atom. The molecule has 6 rings (SSSR count). The van der Waals surface area contributed by atoms with Crippen molar-refractivity contribution in [3.63, 3.8) is 0 Å². The minimum atomic E-state index is -1.03. The predicted molar refractivity (Wildman–Crippen MR) is 245 cm³/mol. The van der Waals surface area contributed by atoms with Crippen LogP contribution < -0.4 is 31.9 Å². The summed E-state index contributed by atoms with van der Waals surface area (Å²) >= 11 is 0. The summed E-state index contributed by atoms with van der Waals surface area (Å²) in [6.07, 6.45) is 9.04. The fourth-order valence-corrected chi connectivity index (χ4v) is 9.54. The highest BCUT2D eigenvalue weighted by Crippen LogP contribution is 2.32. The zero-order valence-electron chi connectivity index (χ0n) is 37.9. The number of aryl methyl sites for hydroxylation is 2. The first-order chi connectivity index (χ1) is 31.0. The molecule has 0 unspecified atom stereocenters. The van der Waals surface area contributed by atoms with E-state index in [1.807, 2.05) is 31.2 Å². The molecule has 14 heteroatoms. The molecular formula is C50H66N8O6. The van der Waals surface area contributed by atoms with Gasteiger partial charge in [0.15, 0.2) is 0 Å². The molecule has 0 bridgehead atoms. The van der Waals surface area contributed by atoms with E-state index in [0.29, 0.717) is 45.2 Å². The number of carbonyl (C=O) groups is 6. The monoisotopic (exact) mass is 875 g/mol. The molecule has 6 amide bonds. The number of benzene rings is 2. The van der Waals surface area contributed by atoms with Crippen molar-refractivity contribution >= 4 is 35.4 Å². The summed E-state index contributed by atoms with van der Waals surface area (Å²) in [4.78, 5) is 85.7. The second-order valence-electron chi connectivity index (χ2n) is 17.5. The SMILES string of the molecule is CCC[C@H](NC)C(=O)N[C@@H](CC#CC#CC[C@H](NC(=O)[C@H](C)NC)C(=O)N1CCC[C@H]1C(=O)N[C@@H]1CCCc2ccccc21)C(=O)N1CCC[C@H]1C(=O)N[C@H]1CCCc2ccccc21. The zero-order chi connectivity index (χ0) is 45.6. The molecule has 2 saturated heterocycles.